The second kappa shape index (κ2) is 3.15. The van der Waals surface area contributed by atoms with Gasteiger partial charge in [-0.25, -0.2) is 0 Å². The Labute approximate surface area is 61.4 Å². The van der Waals surface area contributed by atoms with Gasteiger partial charge in [0.2, 0.25) is 0 Å². The second-order valence-electron chi connectivity index (χ2n) is 1.88. The molecule has 10 heavy (non-hydrogen) atoms. The van der Waals surface area contributed by atoms with Crippen molar-refractivity contribution in [2.24, 2.45) is 0 Å². The van der Waals surface area contributed by atoms with Gasteiger partial charge in [0.25, 0.3) is 0 Å². The summed E-state index contributed by atoms with van der Waals surface area (Å²) < 4.78 is 4.98. The van der Waals surface area contributed by atoms with Crippen molar-refractivity contribution in [3.8, 4) is 5.75 Å². The third kappa shape index (κ3) is 1.69. The maximum Gasteiger partial charge on any atom is 0.122 e. The van der Waals surface area contributed by atoms with Gasteiger partial charge in [0.05, 0.1) is 0 Å². The van der Waals surface area contributed by atoms with E-state index < -0.39 is 0 Å². The molecule has 0 spiro atoms. The van der Waals surface area contributed by atoms with Crippen LogP contribution in [-0.4, -0.2) is 14.4 Å². The summed E-state index contributed by atoms with van der Waals surface area (Å²) in [5.74, 6) is 0.747. The number of nitrogen functional groups attached to an aromatic ring is 1. The van der Waals surface area contributed by atoms with E-state index in [-0.39, 0.29) is 6.51 Å². The highest BCUT2D eigenvalue weighted by Crippen LogP contribution is 2.11. The molecule has 1 aromatic rings. The van der Waals surface area contributed by atoms with E-state index in [1.54, 1.807) is 24.3 Å². The van der Waals surface area contributed by atoms with E-state index in [9.17, 15) is 0 Å². The molecule has 3 heteroatoms. The zero-order valence-corrected chi connectivity index (χ0v) is 5.58. The largest absolute Gasteiger partial charge is 0.504 e. The monoisotopic (exact) mass is 133 g/mol. The van der Waals surface area contributed by atoms with Gasteiger partial charge in [-0.3, -0.25) is 0 Å². The Morgan fingerprint density at radius 2 is 1.90 bits per heavy atom. The van der Waals surface area contributed by atoms with Crippen molar-refractivity contribution >= 4 is 13.5 Å². The lowest BCUT2D eigenvalue weighted by Crippen LogP contribution is -1.95. The van der Waals surface area contributed by atoms with Crippen molar-refractivity contribution < 1.29 is 4.74 Å². The first-order valence-electron chi connectivity index (χ1n) is 3.01. The van der Waals surface area contributed by atoms with Crippen LogP contribution in [0.25, 0.3) is 0 Å². The quantitative estimate of drug-likeness (QED) is 0.477. The average molecular weight is 133 g/mol. The highest BCUT2D eigenvalue weighted by molar-refractivity contribution is 6.08. The van der Waals surface area contributed by atoms with Crippen molar-refractivity contribution in [3.63, 3.8) is 0 Å². The Morgan fingerprint density at radius 1 is 1.30 bits per heavy atom. The Hall–Kier alpha value is -1.12. The molecular weight excluding hydrogens is 125 g/mol. The summed E-state index contributed by atoms with van der Waals surface area (Å²) in [6.07, 6.45) is 0. The number of rotatable bonds is 2. The summed E-state index contributed by atoms with van der Waals surface area (Å²) in [7, 11) is 5.15. The van der Waals surface area contributed by atoms with Crippen LogP contribution in [0.3, 0.4) is 0 Å². The molecule has 1 aromatic carbocycles. The molecule has 2 N–H and O–H groups in total. The van der Waals surface area contributed by atoms with E-state index in [2.05, 4.69) is 0 Å². The first-order valence-corrected chi connectivity index (χ1v) is 3.01. The number of benzene rings is 1. The van der Waals surface area contributed by atoms with Crippen LogP contribution in [0, 0.1) is 0 Å². The van der Waals surface area contributed by atoms with Crippen molar-refractivity contribution in [2.75, 3.05) is 12.2 Å². The molecule has 1 rings (SSSR count). The summed E-state index contributed by atoms with van der Waals surface area (Å²) in [5, 5.41) is 0. The van der Waals surface area contributed by atoms with Gasteiger partial charge in [0.15, 0.2) is 0 Å². The van der Waals surface area contributed by atoms with E-state index in [1.807, 2.05) is 0 Å². The van der Waals surface area contributed by atoms with E-state index in [4.69, 9.17) is 18.3 Å². The molecular formula is C7H8BNO. The van der Waals surface area contributed by atoms with Crippen LogP contribution in [0.5, 0.6) is 5.75 Å². The SMILES string of the molecule is [B]COc1ccc(N)cc1. The molecule has 0 aliphatic carbocycles. The molecule has 0 atom stereocenters. The molecule has 0 saturated heterocycles. The maximum absolute atomic E-state index is 5.44. The van der Waals surface area contributed by atoms with E-state index in [1.165, 1.54) is 0 Å². The van der Waals surface area contributed by atoms with Crippen molar-refractivity contribution in [3.05, 3.63) is 24.3 Å². The van der Waals surface area contributed by atoms with Gasteiger partial charge in [0, 0.05) is 12.2 Å². The highest BCUT2D eigenvalue weighted by Gasteiger charge is 1.88. The summed E-state index contributed by atoms with van der Waals surface area (Å²) in [4.78, 5) is 0. The maximum atomic E-state index is 5.44. The Kier molecular flexibility index (Phi) is 2.21. The zero-order chi connectivity index (χ0) is 7.40. The minimum atomic E-state index is 0.198. The van der Waals surface area contributed by atoms with Crippen LogP contribution in [-0.2, 0) is 0 Å². The number of anilines is 1. The van der Waals surface area contributed by atoms with Crippen molar-refractivity contribution in [2.45, 2.75) is 0 Å². The van der Waals surface area contributed by atoms with Crippen LogP contribution in [0.1, 0.15) is 0 Å². The first kappa shape index (κ1) is 7.00. The molecule has 0 aliphatic rings. The average Bonchev–Trinajstić information content (AvgIpc) is 1.95. The zero-order valence-electron chi connectivity index (χ0n) is 5.58. The summed E-state index contributed by atoms with van der Waals surface area (Å²) in [5.41, 5.74) is 6.16. The predicted molar refractivity (Wildman–Crippen MR) is 42.1 cm³/mol. The Bertz CT molecular complexity index is 197. The van der Waals surface area contributed by atoms with Crippen molar-refractivity contribution in [1.29, 1.82) is 0 Å². The molecule has 0 amide bonds. The minimum absolute atomic E-state index is 0.198. The smallest absolute Gasteiger partial charge is 0.122 e. The van der Waals surface area contributed by atoms with Gasteiger partial charge in [-0.1, -0.05) is 0 Å². The Balaban J connectivity index is 2.69. The van der Waals surface area contributed by atoms with Gasteiger partial charge in [0.1, 0.15) is 13.6 Å². The highest BCUT2D eigenvalue weighted by atomic mass is 16.5. The van der Waals surface area contributed by atoms with Gasteiger partial charge in [-0.2, -0.15) is 0 Å². The van der Waals surface area contributed by atoms with Gasteiger partial charge in [-0.05, 0) is 24.3 Å². The lowest BCUT2D eigenvalue weighted by molar-refractivity contribution is 0.387. The second-order valence-corrected chi connectivity index (χ2v) is 1.88. The molecule has 0 bridgehead atoms. The normalized spacial score (nSPS) is 9.20. The van der Waals surface area contributed by atoms with E-state index in [0.29, 0.717) is 0 Å². The molecule has 50 valence electrons. The fraction of sp³-hybridized carbons (Fsp3) is 0.143. The van der Waals surface area contributed by atoms with Gasteiger partial charge in [-0.15, -0.1) is 0 Å². The lowest BCUT2D eigenvalue weighted by atomic mass is 10.2. The summed E-state index contributed by atoms with van der Waals surface area (Å²) in [6, 6.07) is 7.10. The topological polar surface area (TPSA) is 35.2 Å². The van der Waals surface area contributed by atoms with Gasteiger partial charge < -0.3 is 10.5 Å². The molecule has 2 radical (unpaired) electrons. The van der Waals surface area contributed by atoms with Crippen LogP contribution in [0.15, 0.2) is 24.3 Å². The Morgan fingerprint density at radius 3 is 2.40 bits per heavy atom. The number of nitrogens with two attached hydrogens (primary N) is 1. The van der Waals surface area contributed by atoms with Crippen LogP contribution in [0.2, 0.25) is 0 Å². The molecule has 0 saturated carbocycles. The fourth-order valence-corrected chi connectivity index (χ4v) is 0.660. The number of ether oxygens (including phenoxy) is 1. The van der Waals surface area contributed by atoms with Crippen LogP contribution in [0.4, 0.5) is 5.69 Å². The fourth-order valence-electron chi connectivity index (χ4n) is 0.660. The third-order valence-corrected chi connectivity index (χ3v) is 1.13. The van der Waals surface area contributed by atoms with E-state index in [0.717, 1.165) is 11.4 Å². The minimum Gasteiger partial charge on any atom is -0.504 e. The van der Waals surface area contributed by atoms with Crippen LogP contribution < -0.4 is 10.5 Å². The first-order chi connectivity index (χ1) is 4.83. The van der Waals surface area contributed by atoms with Crippen molar-refractivity contribution in [1.82, 2.24) is 0 Å². The number of hydrogen-bond acceptors (Lipinski definition) is 2. The summed E-state index contributed by atoms with van der Waals surface area (Å²) >= 11 is 0. The van der Waals surface area contributed by atoms with E-state index >= 15 is 0 Å². The third-order valence-electron chi connectivity index (χ3n) is 1.13. The number of hydrogen-bond donors (Lipinski definition) is 1. The molecule has 0 heterocycles. The molecule has 0 unspecified atom stereocenters. The van der Waals surface area contributed by atoms with Gasteiger partial charge >= 0.3 is 0 Å². The summed E-state index contributed by atoms with van der Waals surface area (Å²) in [6.45, 7) is 0.198. The lowest BCUT2D eigenvalue weighted by Gasteiger charge is -2.01. The standard InChI is InChI=1S/C7H8BNO/c8-5-10-7-3-1-6(9)2-4-7/h1-4H,5,9H2. The van der Waals surface area contributed by atoms with Crippen LogP contribution >= 0.6 is 0 Å². The molecule has 0 aromatic heterocycles. The predicted octanol–water partition coefficient (Wildman–Crippen LogP) is 0.774. The molecule has 0 fully saturated rings. The molecule has 0 aliphatic heterocycles. The molecule has 2 nitrogen and oxygen atoms in total.